The summed E-state index contributed by atoms with van der Waals surface area (Å²) in [6.07, 6.45) is 17.5. The fourth-order valence-corrected chi connectivity index (χ4v) is 9.24. The average molecular weight is 1390 g/mol. The molecule has 14 rings (SSSR count). The SMILES string of the molecule is Brc1ccc(-n2nc(-c3ccccc3)cc2-c2ccccc2)cc1.Nc1ccc(-c2ccncc2)cc1.Nc1ccc(-c2ccncc2)cc1.O=[N+]([O-])c1ccc(-c2ccncc2)cc1.O=[N+]([O-])c1ccc(-c2ccncc2)cc1.[CH3-].[Pd].c1ccc(-c2ccncc2)cc1. The van der Waals surface area contributed by atoms with Gasteiger partial charge in [-0.1, -0.05) is 131 Å². The zero-order valence-corrected chi connectivity index (χ0v) is 54.0. The second-order valence-corrected chi connectivity index (χ2v) is 20.8. The van der Waals surface area contributed by atoms with Crippen LogP contribution in [0.2, 0.25) is 0 Å². The molecule has 0 aliphatic carbocycles. The molecule has 94 heavy (non-hydrogen) atoms. The summed E-state index contributed by atoms with van der Waals surface area (Å²) in [6.45, 7) is 0. The number of halogens is 1. The normalized spacial score (nSPS) is 9.84. The Balaban J connectivity index is 0.000000162. The summed E-state index contributed by atoms with van der Waals surface area (Å²) in [5.41, 5.74) is 29.3. The maximum Gasteiger partial charge on any atom is 0.269 e. The number of nitro benzene ring substituents is 2. The molecule has 0 bridgehead atoms. The number of nitrogens with zero attached hydrogens (tertiary/aromatic N) is 9. The fourth-order valence-electron chi connectivity index (χ4n) is 8.98. The van der Waals surface area contributed by atoms with Gasteiger partial charge in [-0.05, 0) is 195 Å². The Hall–Kier alpha value is -11.7. The Morgan fingerprint density at radius 2 is 0.574 bits per heavy atom. The van der Waals surface area contributed by atoms with E-state index in [1.54, 1.807) is 73.8 Å². The fraction of sp³-hybridized carbons (Fsp3) is 0. The molecule has 17 heteroatoms. The number of anilines is 2. The summed E-state index contributed by atoms with van der Waals surface area (Å²) in [6, 6.07) is 89.2. The van der Waals surface area contributed by atoms with Gasteiger partial charge in [0.05, 0.1) is 26.9 Å². The van der Waals surface area contributed by atoms with Crippen molar-refractivity contribution >= 4 is 38.7 Å². The third-order valence-electron chi connectivity index (χ3n) is 13.7. The Bertz CT molecular complexity index is 4260. The molecule has 0 spiro atoms. The Labute approximate surface area is 568 Å². The number of pyridine rings is 5. The van der Waals surface area contributed by atoms with Crippen molar-refractivity contribution in [2.45, 2.75) is 0 Å². The van der Waals surface area contributed by atoms with Crippen LogP contribution in [0.5, 0.6) is 0 Å². The van der Waals surface area contributed by atoms with E-state index < -0.39 is 9.85 Å². The van der Waals surface area contributed by atoms with Gasteiger partial charge in [-0.15, -0.1) is 0 Å². The second-order valence-electron chi connectivity index (χ2n) is 19.9. The molecule has 0 fully saturated rings. The van der Waals surface area contributed by atoms with Crippen LogP contribution in [0.3, 0.4) is 0 Å². The van der Waals surface area contributed by atoms with Gasteiger partial charge in [0.1, 0.15) is 0 Å². The average Bonchev–Trinajstić information content (AvgIpc) is 1.71. The molecule has 0 amide bonds. The molecular weight excluding hydrogens is 1330 g/mol. The number of benzene rings is 8. The molecule has 15 nitrogen and oxygen atoms in total. The van der Waals surface area contributed by atoms with Crippen molar-refractivity contribution in [3.63, 3.8) is 0 Å². The van der Waals surface area contributed by atoms with Gasteiger partial charge in [0.15, 0.2) is 0 Å². The van der Waals surface area contributed by atoms with Crippen LogP contribution in [0.1, 0.15) is 0 Å². The van der Waals surface area contributed by atoms with Crippen molar-refractivity contribution in [1.29, 1.82) is 0 Å². The van der Waals surface area contributed by atoms with Crippen LogP contribution in [0.4, 0.5) is 22.7 Å². The van der Waals surface area contributed by atoms with Gasteiger partial charge in [0.25, 0.3) is 11.4 Å². The minimum absolute atomic E-state index is 0. The van der Waals surface area contributed by atoms with Crippen LogP contribution in [-0.4, -0.2) is 44.5 Å². The largest absolute Gasteiger partial charge is 0.399 e. The van der Waals surface area contributed by atoms with E-state index in [2.05, 4.69) is 108 Å². The number of aromatic nitrogens is 7. The topological polar surface area (TPSA) is 221 Å². The van der Waals surface area contributed by atoms with Crippen molar-refractivity contribution in [1.82, 2.24) is 34.7 Å². The second kappa shape index (κ2) is 36.8. The van der Waals surface area contributed by atoms with Gasteiger partial charge >= 0.3 is 0 Å². The van der Waals surface area contributed by atoms with Crippen LogP contribution < -0.4 is 11.5 Å². The molecule has 0 radical (unpaired) electrons. The molecule has 8 aromatic carbocycles. The van der Waals surface area contributed by atoms with Crippen molar-refractivity contribution in [3.8, 4) is 83.8 Å². The molecule has 4 N–H and O–H groups in total. The maximum atomic E-state index is 10.4. The Morgan fingerprint density at radius 1 is 0.319 bits per heavy atom. The molecule has 468 valence electrons. The quantitative estimate of drug-likeness (QED) is 0.0429. The first-order valence-corrected chi connectivity index (χ1v) is 29.6. The number of non-ortho nitro benzene ring substituents is 2. The van der Waals surface area contributed by atoms with Gasteiger partial charge < -0.3 is 18.9 Å². The van der Waals surface area contributed by atoms with E-state index in [9.17, 15) is 20.2 Å². The van der Waals surface area contributed by atoms with E-state index in [0.29, 0.717) is 0 Å². The number of nitrogen functional groups attached to an aromatic ring is 2. The van der Waals surface area contributed by atoms with Gasteiger partial charge in [0.2, 0.25) is 0 Å². The van der Waals surface area contributed by atoms with Crippen LogP contribution in [0, 0.1) is 27.7 Å². The van der Waals surface area contributed by atoms with E-state index in [-0.39, 0.29) is 39.2 Å². The molecule has 6 heterocycles. The zero-order chi connectivity index (χ0) is 64.1. The van der Waals surface area contributed by atoms with Gasteiger partial charge in [-0.2, -0.15) is 5.10 Å². The summed E-state index contributed by atoms with van der Waals surface area (Å²) in [5, 5.41) is 25.7. The van der Waals surface area contributed by atoms with Crippen molar-refractivity contribution < 1.29 is 30.3 Å². The van der Waals surface area contributed by atoms with Crippen LogP contribution in [-0.2, 0) is 20.4 Å². The van der Waals surface area contributed by atoms with Gasteiger partial charge in [-0.3, -0.25) is 45.1 Å². The first-order valence-electron chi connectivity index (χ1n) is 28.8. The number of rotatable bonds is 10. The first-order chi connectivity index (χ1) is 45.0. The summed E-state index contributed by atoms with van der Waals surface area (Å²) in [4.78, 5) is 39.8. The van der Waals surface area contributed by atoms with E-state index in [4.69, 9.17) is 16.6 Å². The number of hydrogen-bond donors (Lipinski definition) is 2. The van der Waals surface area contributed by atoms with Gasteiger partial charge in [-0.25, -0.2) is 4.68 Å². The smallest absolute Gasteiger partial charge is 0.269 e. The molecule has 0 aliphatic heterocycles. The predicted octanol–water partition coefficient (Wildman–Crippen LogP) is 19.1. The monoisotopic (exact) mass is 1390 g/mol. The first kappa shape index (κ1) is 69.7. The maximum absolute atomic E-state index is 10.4. The molecule has 6 aromatic heterocycles. The van der Waals surface area contributed by atoms with E-state index in [1.807, 2.05) is 181 Å². The van der Waals surface area contributed by atoms with E-state index in [1.165, 1.54) is 35.4 Å². The van der Waals surface area contributed by atoms with Crippen molar-refractivity contribution in [3.05, 3.63) is 373 Å². The summed E-state index contributed by atoms with van der Waals surface area (Å²) >= 11 is 3.49. The van der Waals surface area contributed by atoms with E-state index >= 15 is 0 Å². The van der Waals surface area contributed by atoms with Crippen molar-refractivity contribution in [2.24, 2.45) is 0 Å². The zero-order valence-electron chi connectivity index (χ0n) is 50.8. The van der Waals surface area contributed by atoms with E-state index in [0.717, 1.165) is 88.6 Å². The Morgan fingerprint density at radius 3 is 0.872 bits per heavy atom. The summed E-state index contributed by atoms with van der Waals surface area (Å²) in [5.74, 6) is 0. The molecule has 14 aromatic rings. The number of nitrogens with two attached hydrogens (primary N) is 2. The summed E-state index contributed by atoms with van der Waals surface area (Å²) < 4.78 is 3.06. The van der Waals surface area contributed by atoms with Crippen molar-refractivity contribution in [2.75, 3.05) is 11.5 Å². The molecule has 0 saturated carbocycles. The molecule has 0 aliphatic rings. The molecular formula is C77H63BrN11O4Pd-. The number of nitro groups is 2. The minimum atomic E-state index is -0.406. The summed E-state index contributed by atoms with van der Waals surface area (Å²) in [7, 11) is 0. The third-order valence-corrected chi connectivity index (χ3v) is 14.3. The number of hydrogen-bond acceptors (Lipinski definition) is 12. The molecule has 0 atom stereocenters. The molecule has 0 saturated heterocycles. The standard InChI is InChI=1S/C21H15BrN2.2C11H8N2O2.2C11H10N2.C11H9N.CH3.Pd/c22-18-11-13-19(14-12-18)24-21(17-9-5-2-6-10-17)15-20(23-24)16-7-3-1-4-8-16;2*14-13(15)11-3-1-9(2-4-11)10-5-7-12-8-6-10;2*12-11-3-1-9(2-4-11)10-5-7-13-8-6-10;1-2-4-10(5-3-1)11-6-8-12-9-7-11;;/h1-15H;2*1-8H;2*1-8H,12H2;1-9H;1H3;/q;;;;;;-1;. The third kappa shape index (κ3) is 21.2. The minimum Gasteiger partial charge on any atom is -0.399 e. The predicted molar refractivity (Wildman–Crippen MR) is 379 cm³/mol. The van der Waals surface area contributed by atoms with Gasteiger partial charge in [0, 0.05) is 134 Å². The van der Waals surface area contributed by atoms with Crippen LogP contribution in [0.15, 0.2) is 345 Å². The van der Waals surface area contributed by atoms with Crippen LogP contribution in [0.25, 0.3) is 83.8 Å². The Kier molecular flexibility index (Phi) is 27.3. The molecule has 0 unspecified atom stereocenters. The van der Waals surface area contributed by atoms with Crippen LogP contribution >= 0.6 is 15.9 Å².